The third-order valence-electron chi connectivity index (χ3n) is 6.66. The summed E-state index contributed by atoms with van der Waals surface area (Å²) in [5.74, 6) is 0.627. The number of carbonyl (C=O) groups is 1. The lowest BCUT2D eigenvalue weighted by Gasteiger charge is -2.30. The molecule has 1 fully saturated rings. The number of anilines is 1. The van der Waals surface area contributed by atoms with E-state index in [2.05, 4.69) is 21.6 Å². The summed E-state index contributed by atoms with van der Waals surface area (Å²) in [6, 6.07) is 11.6. The van der Waals surface area contributed by atoms with Crippen molar-refractivity contribution in [2.45, 2.75) is 38.5 Å². The minimum atomic E-state index is -4.46. The van der Waals surface area contributed by atoms with Gasteiger partial charge >= 0.3 is 6.18 Å². The van der Waals surface area contributed by atoms with Crippen LogP contribution >= 0.6 is 0 Å². The first-order valence-electron chi connectivity index (χ1n) is 12.0. The maximum Gasteiger partial charge on any atom is 0.416 e. The molecule has 1 heterocycles. The number of likely N-dealkylation sites (N-methyl/N-ethyl adjacent to an activating group) is 1. The molecule has 1 saturated carbocycles. The van der Waals surface area contributed by atoms with E-state index in [4.69, 9.17) is 0 Å². The van der Waals surface area contributed by atoms with Crippen molar-refractivity contribution in [2.75, 3.05) is 45.1 Å². The largest absolute Gasteiger partial charge is 0.416 e. The Balaban J connectivity index is 1.42. The molecule has 0 unspecified atom stereocenters. The summed E-state index contributed by atoms with van der Waals surface area (Å²) >= 11 is 0. The third kappa shape index (κ3) is 6.30. The van der Waals surface area contributed by atoms with Gasteiger partial charge in [-0.2, -0.15) is 13.2 Å². The van der Waals surface area contributed by atoms with E-state index in [9.17, 15) is 18.0 Å². The van der Waals surface area contributed by atoms with Gasteiger partial charge in [-0.05, 0) is 61.1 Å². The van der Waals surface area contributed by atoms with Gasteiger partial charge in [0.1, 0.15) is 0 Å². The summed E-state index contributed by atoms with van der Waals surface area (Å²) in [5, 5.41) is 6.25. The minimum Gasteiger partial charge on any atom is -0.376 e. The highest BCUT2D eigenvalue weighted by Crippen LogP contribution is 2.34. The van der Waals surface area contributed by atoms with Crippen LogP contribution < -0.4 is 10.6 Å². The maximum atomic E-state index is 13.5. The Morgan fingerprint density at radius 1 is 1.15 bits per heavy atom. The van der Waals surface area contributed by atoms with E-state index < -0.39 is 11.7 Å². The van der Waals surface area contributed by atoms with Gasteiger partial charge < -0.3 is 15.5 Å². The summed E-state index contributed by atoms with van der Waals surface area (Å²) in [4.78, 5) is 17.1. The molecule has 0 bridgehead atoms. The van der Waals surface area contributed by atoms with Gasteiger partial charge in [0.25, 0.3) is 0 Å². The first kappa shape index (κ1) is 24.5. The zero-order valence-corrected chi connectivity index (χ0v) is 19.6. The molecule has 34 heavy (non-hydrogen) atoms. The molecule has 0 radical (unpaired) electrons. The van der Waals surface area contributed by atoms with Gasteiger partial charge in [-0.15, -0.1) is 0 Å². The van der Waals surface area contributed by atoms with Gasteiger partial charge in [-0.3, -0.25) is 9.69 Å². The van der Waals surface area contributed by atoms with Crippen molar-refractivity contribution in [3.63, 3.8) is 0 Å². The average molecular weight is 475 g/mol. The number of benzene rings is 2. The van der Waals surface area contributed by atoms with Crippen molar-refractivity contribution >= 4 is 11.6 Å². The number of nitrogens with zero attached hydrogens (tertiary/aromatic N) is 2. The molecule has 0 aromatic heterocycles. The first-order valence-corrected chi connectivity index (χ1v) is 12.0. The number of rotatable bonds is 10. The van der Waals surface area contributed by atoms with Crippen LogP contribution in [-0.4, -0.2) is 55.5 Å². The summed E-state index contributed by atoms with van der Waals surface area (Å²) in [5.41, 5.74) is 2.88. The van der Waals surface area contributed by atoms with Crippen LogP contribution in [0.25, 0.3) is 0 Å². The fraction of sp³-hybridized carbons (Fsp3) is 0.500. The normalized spacial score (nSPS) is 16.2. The molecular weight excluding hydrogens is 441 g/mol. The second kappa shape index (κ2) is 10.8. The number of amides is 1. The molecule has 0 saturated heterocycles. The number of halogens is 3. The fourth-order valence-electron chi connectivity index (χ4n) is 4.62. The van der Waals surface area contributed by atoms with Crippen molar-refractivity contribution in [2.24, 2.45) is 5.92 Å². The SMILES string of the molecule is CNCCN(Cc1ccccc1C(F)(F)F)C(=O)CNc1cccc2c1CCN(CC1CC1)C2. The Morgan fingerprint density at radius 3 is 2.68 bits per heavy atom. The molecule has 2 aromatic carbocycles. The van der Waals surface area contributed by atoms with Crippen LogP contribution in [0.15, 0.2) is 42.5 Å². The van der Waals surface area contributed by atoms with Gasteiger partial charge in [0, 0.05) is 45.0 Å². The number of hydrogen-bond donors (Lipinski definition) is 2. The van der Waals surface area contributed by atoms with Gasteiger partial charge in [-0.25, -0.2) is 0 Å². The Labute approximate surface area is 199 Å². The average Bonchev–Trinajstić information content (AvgIpc) is 3.63. The van der Waals surface area contributed by atoms with Crippen molar-refractivity contribution in [3.8, 4) is 0 Å². The third-order valence-corrected chi connectivity index (χ3v) is 6.66. The van der Waals surface area contributed by atoms with E-state index in [0.717, 1.165) is 43.7 Å². The van der Waals surface area contributed by atoms with Crippen molar-refractivity contribution in [3.05, 3.63) is 64.7 Å². The maximum absolute atomic E-state index is 13.5. The highest BCUT2D eigenvalue weighted by atomic mass is 19.4. The molecule has 0 atom stereocenters. The Morgan fingerprint density at radius 2 is 1.94 bits per heavy atom. The van der Waals surface area contributed by atoms with E-state index >= 15 is 0 Å². The predicted octanol–water partition coefficient (Wildman–Crippen LogP) is 4.13. The Bertz CT molecular complexity index is 990. The van der Waals surface area contributed by atoms with Crippen LogP contribution in [0, 0.1) is 5.92 Å². The second-order valence-electron chi connectivity index (χ2n) is 9.30. The molecule has 184 valence electrons. The summed E-state index contributed by atoms with van der Waals surface area (Å²) < 4.78 is 40.4. The zero-order valence-electron chi connectivity index (χ0n) is 19.6. The fourth-order valence-corrected chi connectivity index (χ4v) is 4.62. The van der Waals surface area contributed by atoms with Crippen molar-refractivity contribution in [1.82, 2.24) is 15.1 Å². The van der Waals surface area contributed by atoms with E-state index in [1.807, 2.05) is 12.1 Å². The Kier molecular flexibility index (Phi) is 7.78. The molecule has 1 aliphatic heterocycles. The molecule has 2 N–H and O–H groups in total. The molecular formula is C26H33F3N4O. The van der Waals surface area contributed by atoms with Gasteiger partial charge in [0.15, 0.2) is 0 Å². The zero-order chi connectivity index (χ0) is 24.1. The van der Waals surface area contributed by atoms with Gasteiger partial charge in [0.2, 0.25) is 5.91 Å². The second-order valence-corrected chi connectivity index (χ2v) is 9.30. The van der Waals surface area contributed by atoms with E-state index in [-0.39, 0.29) is 24.6 Å². The monoisotopic (exact) mass is 474 g/mol. The van der Waals surface area contributed by atoms with Crippen LogP contribution in [-0.2, 0) is 30.5 Å². The van der Waals surface area contributed by atoms with Crippen molar-refractivity contribution in [1.29, 1.82) is 0 Å². The predicted molar refractivity (Wildman–Crippen MR) is 127 cm³/mol. The molecule has 1 amide bonds. The van der Waals surface area contributed by atoms with Crippen LogP contribution in [0.5, 0.6) is 0 Å². The highest BCUT2D eigenvalue weighted by Gasteiger charge is 2.33. The smallest absolute Gasteiger partial charge is 0.376 e. The molecule has 8 heteroatoms. The summed E-state index contributed by atoms with van der Waals surface area (Å²) in [6.45, 7) is 3.89. The number of alkyl halides is 3. The van der Waals surface area contributed by atoms with Gasteiger partial charge in [0.05, 0.1) is 12.1 Å². The van der Waals surface area contributed by atoms with E-state index in [0.29, 0.717) is 13.1 Å². The molecule has 4 rings (SSSR count). The lowest BCUT2D eigenvalue weighted by molar-refractivity contribution is -0.139. The van der Waals surface area contributed by atoms with Crippen molar-refractivity contribution < 1.29 is 18.0 Å². The van der Waals surface area contributed by atoms with Crippen LogP contribution in [0.2, 0.25) is 0 Å². The summed E-state index contributed by atoms with van der Waals surface area (Å²) in [6.07, 6.45) is -0.847. The number of nitrogens with one attached hydrogen (secondary N) is 2. The van der Waals surface area contributed by atoms with E-state index in [1.54, 1.807) is 13.1 Å². The highest BCUT2D eigenvalue weighted by molar-refractivity contribution is 5.81. The lowest BCUT2D eigenvalue weighted by atomic mass is 9.97. The van der Waals surface area contributed by atoms with E-state index in [1.165, 1.54) is 41.0 Å². The number of fused-ring (bicyclic) bond motifs is 1. The van der Waals surface area contributed by atoms with Crippen LogP contribution in [0.4, 0.5) is 18.9 Å². The first-order chi connectivity index (χ1) is 16.3. The molecule has 0 spiro atoms. The van der Waals surface area contributed by atoms with Gasteiger partial charge in [-0.1, -0.05) is 30.3 Å². The molecule has 2 aliphatic rings. The molecule has 1 aliphatic carbocycles. The molecule has 2 aromatic rings. The summed E-state index contributed by atoms with van der Waals surface area (Å²) in [7, 11) is 1.76. The number of hydrogen-bond acceptors (Lipinski definition) is 4. The molecule has 5 nitrogen and oxygen atoms in total. The van der Waals surface area contributed by atoms with Crippen LogP contribution in [0.1, 0.15) is 35.1 Å². The topological polar surface area (TPSA) is 47.6 Å². The lowest BCUT2D eigenvalue weighted by Crippen LogP contribution is -2.39. The van der Waals surface area contributed by atoms with Crippen LogP contribution in [0.3, 0.4) is 0 Å². The minimum absolute atomic E-state index is 0.0418. The Hall–Kier alpha value is -2.58. The number of carbonyl (C=O) groups excluding carboxylic acids is 1. The standard InChI is InChI=1S/C26H33F3N4O/c1-30-12-14-33(18-21-5-2-3-7-23(21)26(27,28)29)25(34)15-31-24-8-4-6-20-17-32(13-11-22(20)24)16-19-9-10-19/h2-8,19,30-31H,9-18H2,1H3. The quantitative estimate of drug-likeness (QED) is 0.544.